The average molecular weight is 896 g/mol. The predicted molar refractivity (Wildman–Crippen MR) is 294 cm³/mol. The highest BCUT2D eigenvalue weighted by Crippen LogP contribution is 2.55. The van der Waals surface area contributed by atoms with Gasteiger partial charge in [0.25, 0.3) is 6.71 Å². The Bertz CT molecular complexity index is 3790. The predicted octanol–water partition coefficient (Wildman–Crippen LogP) is 15.4. The van der Waals surface area contributed by atoms with E-state index >= 15 is 0 Å². The van der Waals surface area contributed by atoms with Crippen molar-refractivity contribution in [3.63, 3.8) is 0 Å². The summed E-state index contributed by atoms with van der Waals surface area (Å²) in [6.45, 7) is 25.5. The first-order valence-electron chi connectivity index (χ1n) is 24.8. The van der Waals surface area contributed by atoms with E-state index in [1.165, 1.54) is 100 Å². The first-order chi connectivity index (χ1) is 33.0. The first-order valence-corrected chi connectivity index (χ1v) is 24.8. The molecule has 0 spiro atoms. The lowest BCUT2D eigenvalue weighted by molar-refractivity contribution is 0.590. The molecule has 0 radical (unpaired) electrons. The largest absolute Gasteiger partial charge is 0.454 e. The molecule has 0 amide bonds. The average Bonchev–Trinajstić information content (AvgIpc) is 3.95. The van der Waals surface area contributed by atoms with Gasteiger partial charge in [-0.05, 0) is 135 Å². The number of nitrogens with zero attached hydrogens (tertiary/aromatic N) is 3. The van der Waals surface area contributed by atoms with Crippen LogP contribution in [0.4, 0.5) is 34.1 Å². The van der Waals surface area contributed by atoms with E-state index in [2.05, 4.69) is 242 Å². The molecular weight excluding hydrogens is 838 g/mol. The third kappa shape index (κ3) is 5.83. The van der Waals surface area contributed by atoms with Crippen LogP contribution in [0, 0.1) is 20.8 Å². The van der Waals surface area contributed by atoms with Crippen molar-refractivity contribution in [2.75, 3.05) is 9.80 Å². The lowest BCUT2D eigenvalue weighted by atomic mass is 9.33. The third-order valence-electron chi connectivity index (χ3n) is 15.9. The summed E-state index contributed by atoms with van der Waals surface area (Å²) in [5, 5.41) is 3.59. The second-order valence-electron chi connectivity index (χ2n) is 22.8. The Labute approximate surface area is 406 Å². The Kier molecular flexibility index (Phi) is 8.61. The van der Waals surface area contributed by atoms with Gasteiger partial charge in [0.2, 0.25) is 0 Å². The number of benzene rings is 8. The molecule has 0 saturated carbocycles. The van der Waals surface area contributed by atoms with Crippen molar-refractivity contribution in [2.24, 2.45) is 0 Å². The van der Waals surface area contributed by atoms with E-state index in [0.717, 1.165) is 39.0 Å². The standard InChI is InChI=1S/C64H58BN3O/c1-37-32-54-58-55(33-37)68-59-46(57-60(68)45-19-12-14-22-47(45)64(57,10)11)21-16-23-49(59)65(58)48-29-28-42(36-53(48)67(54)52-24-17-20-44-43-18-13-15-25-56(43)69-61(44)52)66(50-30-26-40(34-38(50)2)62(4,5)6)51-31-27-41(35-39(51)3)63(7,8)9/h12-36H,1-11H3. The fraction of sp³-hybridized carbons (Fsp3) is 0.219. The Morgan fingerprint density at radius 3 is 1.90 bits per heavy atom. The van der Waals surface area contributed by atoms with E-state index in [4.69, 9.17) is 4.42 Å². The van der Waals surface area contributed by atoms with Crippen LogP contribution in [0.15, 0.2) is 156 Å². The maximum atomic E-state index is 6.98. The summed E-state index contributed by atoms with van der Waals surface area (Å²) in [6, 6.07) is 57.7. The van der Waals surface area contributed by atoms with Crippen LogP contribution in [0.25, 0.3) is 49.8 Å². The number of rotatable bonds is 4. The van der Waals surface area contributed by atoms with Crippen LogP contribution in [0.1, 0.15) is 94.3 Å². The molecule has 4 nitrogen and oxygen atoms in total. The zero-order valence-corrected chi connectivity index (χ0v) is 41.8. The van der Waals surface area contributed by atoms with Crippen molar-refractivity contribution in [2.45, 2.75) is 92.4 Å². The molecule has 5 heteroatoms. The number of anilines is 6. The Morgan fingerprint density at radius 2 is 1.19 bits per heavy atom. The number of hydrogen-bond donors (Lipinski definition) is 0. The number of aryl methyl sites for hydroxylation is 3. The minimum absolute atomic E-state index is 0.00980. The van der Waals surface area contributed by atoms with Crippen molar-refractivity contribution >= 4 is 90.1 Å². The second kappa shape index (κ2) is 14.2. The Balaban J connectivity index is 1.13. The van der Waals surface area contributed by atoms with E-state index in [9.17, 15) is 0 Å². The van der Waals surface area contributed by atoms with Crippen molar-refractivity contribution < 1.29 is 4.42 Å². The molecule has 2 aromatic heterocycles. The van der Waals surface area contributed by atoms with E-state index in [0.29, 0.717) is 0 Å². The quantitative estimate of drug-likeness (QED) is 0.165. The Hall–Kier alpha value is -7.24. The summed E-state index contributed by atoms with van der Waals surface area (Å²) in [7, 11) is 0. The molecule has 0 fully saturated rings. The number of hydrogen-bond acceptors (Lipinski definition) is 3. The maximum Gasteiger partial charge on any atom is 0.252 e. The molecule has 69 heavy (non-hydrogen) atoms. The summed E-state index contributed by atoms with van der Waals surface area (Å²) in [5.41, 5.74) is 26.9. The van der Waals surface area contributed by atoms with Gasteiger partial charge < -0.3 is 18.8 Å². The fourth-order valence-electron chi connectivity index (χ4n) is 12.6. The number of para-hydroxylation sites is 3. The van der Waals surface area contributed by atoms with Crippen molar-refractivity contribution in [3.05, 3.63) is 191 Å². The van der Waals surface area contributed by atoms with Gasteiger partial charge in [-0.25, -0.2) is 0 Å². The van der Waals surface area contributed by atoms with E-state index < -0.39 is 0 Å². The molecule has 2 aliphatic heterocycles. The van der Waals surface area contributed by atoms with Gasteiger partial charge in [0.1, 0.15) is 5.58 Å². The van der Waals surface area contributed by atoms with Gasteiger partial charge in [-0.15, -0.1) is 0 Å². The number of fused-ring (bicyclic) bond motifs is 12. The molecule has 8 aromatic carbocycles. The van der Waals surface area contributed by atoms with Gasteiger partial charge in [-0.2, -0.15) is 0 Å². The molecule has 4 heterocycles. The maximum absolute atomic E-state index is 6.98. The van der Waals surface area contributed by atoms with Crippen LogP contribution in [0.5, 0.6) is 0 Å². The number of aromatic nitrogens is 1. The van der Waals surface area contributed by atoms with Gasteiger partial charge in [0.05, 0.1) is 11.4 Å². The molecule has 10 aromatic rings. The highest BCUT2D eigenvalue weighted by atomic mass is 16.3. The van der Waals surface area contributed by atoms with Crippen molar-refractivity contribution in [1.29, 1.82) is 0 Å². The van der Waals surface area contributed by atoms with Crippen LogP contribution >= 0.6 is 0 Å². The molecule has 0 saturated heterocycles. The van der Waals surface area contributed by atoms with Crippen LogP contribution < -0.4 is 26.2 Å². The SMILES string of the molecule is Cc1cc2c3c(c1)-n1c4c(c5cccc(c51)B3c1ccc(N(c3ccc(C(C)(C)C)cc3C)c3ccc(C(C)(C)C)cc3C)cc1N2c1cccc2c1oc1ccccc12)C(C)(C)c1ccccc1-4. The Morgan fingerprint density at radius 1 is 0.551 bits per heavy atom. The second-order valence-corrected chi connectivity index (χ2v) is 22.8. The van der Waals surface area contributed by atoms with E-state index in [1.54, 1.807) is 0 Å². The van der Waals surface area contributed by atoms with E-state index in [1.807, 2.05) is 0 Å². The smallest absolute Gasteiger partial charge is 0.252 e. The van der Waals surface area contributed by atoms with Crippen LogP contribution in [-0.2, 0) is 16.2 Å². The molecule has 3 aliphatic rings. The minimum Gasteiger partial charge on any atom is -0.454 e. The topological polar surface area (TPSA) is 24.6 Å². The normalized spacial score (nSPS) is 14.4. The molecule has 0 bridgehead atoms. The van der Waals surface area contributed by atoms with Gasteiger partial charge in [-0.3, -0.25) is 0 Å². The van der Waals surface area contributed by atoms with Crippen LogP contribution in [0.3, 0.4) is 0 Å². The molecule has 0 N–H and O–H groups in total. The first kappa shape index (κ1) is 41.9. The van der Waals surface area contributed by atoms with Gasteiger partial charge in [0, 0.05) is 66.8 Å². The molecular formula is C64H58BN3O. The summed E-state index contributed by atoms with van der Waals surface area (Å²) in [5.74, 6) is 0. The van der Waals surface area contributed by atoms with Gasteiger partial charge in [-0.1, -0.05) is 159 Å². The van der Waals surface area contributed by atoms with Crippen molar-refractivity contribution in [1.82, 2.24) is 4.57 Å². The summed E-state index contributed by atoms with van der Waals surface area (Å²) in [6.07, 6.45) is 0. The third-order valence-corrected chi connectivity index (χ3v) is 15.9. The van der Waals surface area contributed by atoms with E-state index in [-0.39, 0.29) is 23.0 Å². The monoisotopic (exact) mass is 895 g/mol. The summed E-state index contributed by atoms with van der Waals surface area (Å²) < 4.78 is 9.62. The lowest BCUT2D eigenvalue weighted by Crippen LogP contribution is -2.60. The summed E-state index contributed by atoms with van der Waals surface area (Å²) >= 11 is 0. The number of furan rings is 1. The molecule has 338 valence electrons. The molecule has 13 rings (SSSR count). The summed E-state index contributed by atoms with van der Waals surface area (Å²) in [4.78, 5) is 5.06. The lowest BCUT2D eigenvalue weighted by Gasteiger charge is -2.41. The van der Waals surface area contributed by atoms with Crippen molar-refractivity contribution in [3.8, 4) is 16.9 Å². The van der Waals surface area contributed by atoms with Crippen LogP contribution in [0.2, 0.25) is 0 Å². The zero-order chi connectivity index (χ0) is 47.6. The molecule has 0 atom stereocenters. The highest BCUT2D eigenvalue weighted by molar-refractivity contribution is 7.00. The molecule has 0 unspecified atom stereocenters. The van der Waals surface area contributed by atoms with Gasteiger partial charge in [0.15, 0.2) is 5.58 Å². The zero-order valence-electron chi connectivity index (χ0n) is 41.8. The fourth-order valence-corrected chi connectivity index (χ4v) is 12.6. The molecule has 1 aliphatic carbocycles. The van der Waals surface area contributed by atoms with Crippen LogP contribution in [-0.4, -0.2) is 11.3 Å². The highest BCUT2D eigenvalue weighted by Gasteiger charge is 2.47. The van der Waals surface area contributed by atoms with Gasteiger partial charge >= 0.3 is 0 Å². The minimum atomic E-state index is -0.160.